The van der Waals surface area contributed by atoms with Crippen molar-refractivity contribution in [3.05, 3.63) is 63.9 Å². The van der Waals surface area contributed by atoms with Gasteiger partial charge in [0.25, 0.3) is 0 Å². The third-order valence-electron chi connectivity index (χ3n) is 2.84. The fraction of sp³-hybridized carbons (Fsp3) is 0.200. The third-order valence-corrected chi connectivity index (χ3v) is 3.27. The molecular weight excluding hydrogens is 288 g/mol. The molecule has 2 aromatic rings. The number of halogens is 1. The van der Waals surface area contributed by atoms with Crippen LogP contribution in [0.15, 0.2) is 47.2 Å². The van der Waals surface area contributed by atoms with Crippen LogP contribution in [0, 0.1) is 18.3 Å². The molecule has 0 radical (unpaired) electrons. The van der Waals surface area contributed by atoms with Gasteiger partial charge in [0.1, 0.15) is 0 Å². The number of pyridine rings is 1. The lowest BCUT2D eigenvalue weighted by Crippen LogP contribution is -2.01. The number of hydrogen-bond acceptors (Lipinski definition) is 2. The molecule has 2 nitrogen and oxygen atoms in total. The predicted molar refractivity (Wildman–Crippen MR) is 75.2 cm³/mol. The van der Waals surface area contributed by atoms with Crippen molar-refractivity contribution in [3.8, 4) is 6.07 Å². The molecule has 1 atom stereocenters. The van der Waals surface area contributed by atoms with E-state index in [1.54, 1.807) is 6.20 Å². The highest BCUT2D eigenvalue weighted by Gasteiger charge is 2.11. The number of rotatable bonds is 3. The Morgan fingerprint density at radius 1 is 1.28 bits per heavy atom. The van der Waals surface area contributed by atoms with Crippen LogP contribution in [0.2, 0.25) is 0 Å². The van der Waals surface area contributed by atoms with Gasteiger partial charge >= 0.3 is 0 Å². The molecule has 0 spiro atoms. The number of nitriles is 1. The minimum Gasteiger partial charge on any atom is -0.263 e. The van der Waals surface area contributed by atoms with E-state index in [-0.39, 0.29) is 5.92 Å². The average Bonchev–Trinajstić information content (AvgIpc) is 2.37. The van der Waals surface area contributed by atoms with Gasteiger partial charge in [0.05, 0.1) is 12.0 Å². The Labute approximate surface area is 115 Å². The summed E-state index contributed by atoms with van der Waals surface area (Å²) < 4.78 is 0.945. The van der Waals surface area contributed by atoms with Crippen molar-refractivity contribution in [1.29, 1.82) is 5.26 Å². The van der Waals surface area contributed by atoms with Crippen molar-refractivity contribution in [3.63, 3.8) is 0 Å². The summed E-state index contributed by atoms with van der Waals surface area (Å²) in [5, 5.41) is 9.30. The smallest absolute Gasteiger partial charge is 0.0753 e. The lowest BCUT2D eigenvalue weighted by Gasteiger charge is -2.09. The van der Waals surface area contributed by atoms with E-state index in [9.17, 15) is 5.26 Å². The molecule has 1 heterocycles. The normalized spacial score (nSPS) is 11.8. The summed E-state index contributed by atoms with van der Waals surface area (Å²) >= 11 is 3.39. The van der Waals surface area contributed by atoms with Crippen molar-refractivity contribution >= 4 is 15.9 Å². The zero-order valence-corrected chi connectivity index (χ0v) is 11.7. The van der Waals surface area contributed by atoms with Crippen molar-refractivity contribution in [2.45, 2.75) is 19.3 Å². The molecular formula is C15H13BrN2. The summed E-state index contributed by atoms with van der Waals surface area (Å²) in [5.74, 6) is -0.123. The first-order valence-corrected chi connectivity index (χ1v) is 6.54. The third kappa shape index (κ3) is 3.18. The van der Waals surface area contributed by atoms with Gasteiger partial charge in [0.15, 0.2) is 0 Å². The lowest BCUT2D eigenvalue weighted by atomic mass is 9.93. The van der Waals surface area contributed by atoms with Gasteiger partial charge in [-0.1, -0.05) is 29.8 Å². The van der Waals surface area contributed by atoms with E-state index in [4.69, 9.17) is 0 Å². The van der Waals surface area contributed by atoms with Crippen molar-refractivity contribution in [2.75, 3.05) is 0 Å². The first-order chi connectivity index (χ1) is 8.69. The van der Waals surface area contributed by atoms with E-state index in [0.29, 0.717) is 6.42 Å². The molecule has 1 aromatic heterocycles. The second kappa shape index (κ2) is 5.79. The minimum atomic E-state index is -0.123. The van der Waals surface area contributed by atoms with Gasteiger partial charge in [-0.05, 0) is 46.5 Å². The first kappa shape index (κ1) is 12.8. The monoisotopic (exact) mass is 300 g/mol. The molecule has 0 amide bonds. The molecule has 0 saturated carbocycles. The van der Waals surface area contributed by atoms with Crippen LogP contribution in [0.3, 0.4) is 0 Å². The van der Waals surface area contributed by atoms with E-state index in [1.165, 1.54) is 5.56 Å². The topological polar surface area (TPSA) is 36.7 Å². The highest BCUT2D eigenvalue weighted by molar-refractivity contribution is 9.10. The summed E-state index contributed by atoms with van der Waals surface area (Å²) in [6.07, 6.45) is 4.24. The number of benzene rings is 1. The maximum atomic E-state index is 9.30. The lowest BCUT2D eigenvalue weighted by molar-refractivity contribution is 0.843. The molecule has 90 valence electrons. The average molecular weight is 301 g/mol. The SMILES string of the molecule is Cc1ccc(C(C#N)Cc2cncc(Br)c2)cc1. The van der Waals surface area contributed by atoms with Gasteiger partial charge in [-0.3, -0.25) is 4.98 Å². The van der Waals surface area contributed by atoms with Crippen LogP contribution in [0.1, 0.15) is 22.6 Å². The van der Waals surface area contributed by atoms with E-state index in [1.807, 2.05) is 43.5 Å². The standard InChI is InChI=1S/C15H13BrN2/c1-11-2-4-13(5-3-11)14(8-17)6-12-7-15(16)10-18-9-12/h2-5,7,9-10,14H,6H2,1H3. The van der Waals surface area contributed by atoms with Crippen molar-refractivity contribution < 1.29 is 0 Å². The summed E-state index contributed by atoms with van der Waals surface area (Å²) in [4.78, 5) is 4.12. The van der Waals surface area contributed by atoms with Gasteiger partial charge in [0.2, 0.25) is 0 Å². The molecule has 18 heavy (non-hydrogen) atoms. The Morgan fingerprint density at radius 2 is 2.00 bits per heavy atom. The molecule has 0 N–H and O–H groups in total. The molecule has 1 unspecified atom stereocenters. The van der Waals surface area contributed by atoms with Crippen LogP contribution < -0.4 is 0 Å². The Bertz CT molecular complexity index is 570. The quantitative estimate of drug-likeness (QED) is 0.859. The zero-order chi connectivity index (χ0) is 13.0. The van der Waals surface area contributed by atoms with Crippen LogP contribution >= 0.6 is 15.9 Å². The van der Waals surface area contributed by atoms with E-state index >= 15 is 0 Å². The summed E-state index contributed by atoms with van der Waals surface area (Å²) in [7, 11) is 0. The Balaban J connectivity index is 2.20. The second-order valence-electron chi connectivity index (χ2n) is 4.31. The van der Waals surface area contributed by atoms with Crippen LogP contribution in [-0.4, -0.2) is 4.98 Å². The fourth-order valence-corrected chi connectivity index (χ4v) is 2.25. The Kier molecular flexibility index (Phi) is 4.11. The highest BCUT2D eigenvalue weighted by atomic mass is 79.9. The van der Waals surface area contributed by atoms with Crippen LogP contribution in [0.25, 0.3) is 0 Å². The Hall–Kier alpha value is -1.66. The summed E-state index contributed by atoms with van der Waals surface area (Å²) in [6.45, 7) is 2.05. The minimum absolute atomic E-state index is 0.123. The first-order valence-electron chi connectivity index (χ1n) is 5.74. The summed E-state index contributed by atoms with van der Waals surface area (Å²) in [6, 6.07) is 12.5. The molecule has 0 aliphatic rings. The van der Waals surface area contributed by atoms with Gasteiger partial charge in [-0.15, -0.1) is 0 Å². The molecule has 0 aliphatic carbocycles. The predicted octanol–water partition coefficient (Wildman–Crippen LogP) is 4.00. The summed E-state index contributed by atoms with van der Waals surface area (Å²) in [5.41, 5.74) is 3.33. The maximum Gasteiger partial charge on any atom is 0.0753 e. The number of aryl methyl sites for hydroxylation is 1. The molecule has 0 aliphatic heterocycles. The van der Waals surface area contributed by atoms with Gasteiger partial charge in [-0.25, -0.2) is 0 Å². The van der Waals surface area contributed by atoms with Crippen molar-refractivity contribution in [1.82, 2.24) is 4.98 Å². The van der Waals surface area contributed by atoms with Crippen molar-refractivity contribution in [2.24, 2.45) is 0 Å². The number of nitrogens with zero attached hydrogens (tertiary/aromatic N) is 2. The molecule has 3 heteroatoms. The van der Waals surface area contributed by atoms with Crippen LogP contribution in [0.4, 0.5) is 0 Å². The highest BCUT2D eigenvalue weighted by Crippen LogP contribution is 2.21. The van der Waals surface area contributed by atoms with Crippen LogP contribution in [-0.2, 0) is 6.42 Å². The molecule has 2 rings (SSSR count). The van der Waals surface area contributed by atoms with E-state index in [0.717, 1.165) is 15.6 Å². The molecule has 0 saturated heterocycles. The van der Waals surface area contributed by atoms with E-state index < -0.39 is 0 Å². The fourth-order valence-electron chi connectivity index (χ4n) is 1.84. The molecule has 0 bridgehead atoms. The van der Waals surface area contributed by atoms with Gasteiger partial charge in [0, 0.05) is 16.9 Å². The largest absolute Gasteiger partial charge is 0.263 e. The maximum absolute atomic E-state index is 9.30. The molecule has 1 aromatic carbocycles. The number of aromatic nitrogens is 1. The Morgan fingerprint density at radius 3 is 2.61 bits per heavy atom. The van der Waals surface area contributed by atoms with Crippen LogP contribution in [0.5, 0.6) is 0 Å². The zero-order valence-electron chi connectivity index (χ0n) is 10.1. The van der Waals surface area contributed by atoms with Gasteiger partial charge in [-0.2, -0.15) is 5.26 Å². The van der Waals surface area contributed by atoms with Gasteiger partial charge < -0.3 is 0 Å². The second-order valence-corrected chi connectivity index (χ2v) is 5.22. The number of hydrogen-bond donors (Lipinski definition) is 0. The van der Waals surface area contributed by atoms with E-state index in [2.05, 4.69) is 27.0 Å². The molecule has 0 fully saturated rings.